The fourth-order valence-electron chi connectivity index (χ4n) is 2.65. The van der Waals surface area contributed by atoms with Crippen LogP contribution in [0, 0.1) is 0 Å². The summed E-state index contributed by atoms with van der Waals surface area (Å²) in [4.78, 5) is 14.4. The Balaban J connectivity index is 2.22. The number of carbonyl (C=O) groups excluding carboxylic acids is 1. The first-order valence-electron chi connectivity index (χ1n) is 6.71. The number of benzene rings is 1. The maximum absolute atomic E-state index is 12.6. The fourth-order valence-corrected chi connectivity index (χ4v) is 3.07. The van der Waals surface area contributed by atoms with Crippen molar-refractivity contribution in [2.45, 2.75) is 31.7 Å². The van der Waals surface area contributed by atoms with E-state index in [2.05, 4.69) is 0 Å². The summed E-state index contributed by atoms with van der Waals surface area (Å²) in [6, 6.07) is 3.26. The van der Waals surface area contributed by atoms with Gasteiger partial charge in [-0.15, -0.1) is 0 Å². The zero-order valence-corrected chi connectivity index (χ0v) is 12.6. The maximum Gasteiger partial charge on any atom is 0.255 e. The molecule has 1 atom stereocenters. The highest BCUT2D eigenvalue weighted by atomic mass is 35.5. The second kappa shape index (κ2) is 6.66. The Labute approximate surface area is 128 Å². The first-order valence-corrected chi connectivity index (χ1v) is 7.46. The van der Waals surface area contributed by atoms with Gasteiger partial charge in [0.15, 0.2) is 0 Å². The Morgan fingerprint density at radius 1 is 1.45 bits per heavy atom. The van der Waals surface area contributed by atoms with Crippen LogP contribution in [-0.4, -0.2) is 35.1 Å². The Bertz CT molecular complexity index is 508. The van der Waals surface area contributed by atoms with Gasteiger partial charge >= 0.3 is 0 Å². The van der Waals surface area contributed by atoms with Crippen molar-refractivity contribution >= 4 is 34.8 Å². The number of hydrogen-bond acceptors (Lipinski definition) is 3. The lowest BCUT2D eigenvalue weighted by atomic mass is 10.1. The van der Waals surface area contributed by atoms with Crippen molar-refractivity contribution in [2.24, 2.45) is 0 Å². The number of anilines is 1. The summed E-state index contributed by atoms with van der Waals surface area (Å²) in [5.74, 6) is -0.135. The fraction of sp³-hybridized carbons (Fsp3) is 0.500. The normalized spacial score (nSPS) is 18.6. The number of aliphatic hydroxyl groups is 1. The van der Waals surface area contributed by atoms with E-state index in [1.54, 1.807) is 6.07 Å². The highest BCUT2D eigenvalue weighted by Crippen LogP contribution is 2.32. The SMILES string of the molecule is Nc1cc(Cl)c(Cl)c(C(=O)N2CCCC2CCCO)c1. The molecule has 1 fully saturated rings. The Hall–Kier alpha value is -0.970. The van der Waals surface area contributed by atoms with Crippen molar-refractivity contribution in [1.82, 2.24) is 4.90 Å². The van der Waals surface area contributed by atoms with Gasteiger partial charge in [0.1, 0.15) is 0 Å². The zero-order valence-electron chi connectivity index (χ0n) is 11.1. The smallest absolute Gasteiger partial charge is 0.255 e. The molecule has 1 heterocycles. The molecule has 0 radical (unpaired) electrons. The predicted molar refractivity (Wildman–Crippen MR) is 81.3 cm³/mol. The molecule has 0 aromatic heterocycles. The second-order valence-electron chi connectivity index (χ2n) is 5.02. The third-order valence-electron chi connectivity index (χ3n) is 3.61. The molecule has 0 saturated carbocycles. The van der Waals surface area contributed by atoms with E-state index in [4.69, 9.17) is 34.0 Å². The van der Waals surface area contributed by atoms with Crippen LogP contribution in [0.25, 0.3) is 0 Å². The minimum atomic E-state index is -0.135. The number of carbonyl (C=O) groups is 1. The molecule has 1 unspecified atom stereocenters. The third-order valence-corrected chi connectivity index (χ3v) is 4.42. The molecule has 110 valence electrons. The molecule has 1 aromatic carbocycles. The first kappa shape index (κ1) is 15.4. The Kier molecular flexibility index (Phi) is 5.13. The molecule has 6 heteroatoms. The van der Waals surface area contributed by atoms with Gasteiger partial charge in [0.2, 0.25) is 0 Å². The number of likely N-dealkylation sites (tertiary alicyclic amines) is 1. The molecule has 1 aromatic rings. The van der Waals surface area contributed by atoms with Crippen molar-refractivity contribution in [3.8, 4) is 0 Å². The quantitative estimate of drug-likeness (QED) is 0.839. The standard InChI is InChI=1S/C14H18Cl2N2O2/c15-12-8-9(17)7-11(13(12)16)14(20)18-5-1-3-10(18)4-2-6-19/h7-8,10,19H,1-6,17H2. The van der Waals surface area contributed by atoms with E-state index < -0.39 is 0 Å². The van der Waals surface area contributed by atoms with Crippen molar-refractivity contribution in [2.75, 3.05) is 18.9 Å². The first-order chi connectivity index (χ1) is 9.54. The predicted octanol–water partition coefficient (Wildman–Crippen LogP) is 2.95. The van der Waals surface area contributed by atoms with Crippen LogP contribution in [0.2, 0.25) is 10.0 Å². The van der Waals surface area contributed by atoms with E-state index in [-0.39, 0.29) is 23.6 Å². The van der Waals surface area contributed by atoms with Crippen molar-refractivity contribution in [3.05, 3.63) is 27.7 Å². The number of nitrogens with zero attached hydrogens (tertiary/aromatic N) is 1. The van der Waals surface area contributed by atoms with Gasteiger partial charge in [-0.25, -0.2) is 0 Å². The minimum Gasteiger partial charge on any atom is -0.399 e. The molecule has 0 bridgehead atoms. The molecule has 1 aliphatic rings. The summed E-state index contributed by atoms with van der Waals surface area (Å²) in [6.45, 7) is 0.848. The van der Waals surface area contributed by atoms with Crippen molar-refractivity contribution < 1.29 is 9.90 Å². The summed E-state index contributed by atoms with van der Waals surface area (Å²) in [5.41, 5.74) is 6.51. The number of amides is 1. The van der Waals surface area contributed by atoms with Crippen LogP contribution in [0.1, 0.15) is 36.0 Å². The third kappa shape index (κ3) is 3.19. The van der Waals surface area contributed by atoms with E-state index >= 15 is 0 Å². The average molecular weight is 317 g/mol. The molecule has 0 aliphatic carbocycles. The molecular weight excluding hydrogens is 299 g/mol. The van der Waals surface area contributed by atoms with Gasteiger partial charge in [-0.2, -0.15) is 0 Å². The molecule has 0 spiro atoms. The van der Waals surface area contributed by atoms with Crippen LogP contribution in [0.4, 0.5) is 5.69 Å². The van der Waals surface area contributed by atoms with Gasteiger partial charge in [-0.1, -0.05) is 23.2 Å². The molecule has 1 aliphatic heterocycles. The molecule has 3 N–H and O–H groups in total. The molecule has 1 saturated heterocycles. The van der Waals surface area contributed by atoms with Crippen LogP contribution in [0.3, 0.4) is 0 Å². The minimum absolute atomic E-state index is 0.135. The lowest BCUT2D eigenvalue weighted by Gasteiger charge is -2.25. The van der Waals surface area contributed by atoms with Crippen LogP contribution in [0.5, 0.6) is 0 Å². The van der Waals surface area contributed by atoms with Crippen LogP contribution < -0.4 is 5.73 Å². The topological polar surface area (TPSA) is 66.6 Å². The summed E-state index contributed by atoms with van der Waals surface area (Å²) in [6.07, 6.45) is 3.42. The summed E-state index contributed by atoms with van der Waals surface area (Å²) in [5, 5.41) is 9.47. The van der Waals surface area contributed by atoms with Gasteiger partial charge in [-0.3, -0.25) is 4.79 Å². The van der Waals surface area contributed by atoms with Crippen LogP contribution >= 0.6 is 23.2 Å². The molecule has 20 heavy (non-hydrogen) atoms. The monoisotopic (exact) mass is 316 g/mol. The zero-order chi connectivity index (χ0) is 14.7. The van der Waals surface area contributed by atoms with Gasteiger partial charge in [0, 0.05) is 24.9 Å². The largest absolute Gasteiger partial charge is 0.399 e. The second-order valence-corrected chi connectivity index (χ2v) is 5.81. The number of rotatable bonds is 4. The molecule has 4 nitrogen and oxygen atoms in total. The maximum atomic E-state index is 12.6. The van der Waals surface area contributed by atoms with E-state index in [0.717, 1.165) is 19.3 Å². The van der Waals surface area contributed by atoms with Gasteiger partial charge < -0.3 is 15.7 Å². The van der Waals surface area contributed by atoms with Gasteiger partial charge in [0.05, 0.1) is 15.6 Å². The van der Waals surface area contributed by atoms with Crippen LogP contribution in [-0.2, 0) is 0 Å². The highest BCUT2D eigenvalue weighted by molar-refractivity contribution is 6.44. The number of nitrogen functional groups attached to an aromatic ring is 1. The van der Waals surface area contributed by atoms with Gasteiger partial charge in [0.25, 0.3) is 5.91 Å². The number of hydrogen-bond donors (Lipinski definition) is 2. The summed E-state index contributed by atoms with van der Waals surface area (Å²) in [7, 11) is 0. The van der Waals surface area contributed by atoms with Crippen LogP contribution in [0.15, 0.2) is 12.1 Å². The van der Waals surface area contributed by atoms with E-state index in [1.807, 2.05) is 4.90 Å². The lowest BCUT2D eigenvalue weighted by Crippen LogP contribution is -2.35. The van der Waals surface area contributed by atoms with E-state index in [0.29, 0.717) is 29.2 Å². The summed E-state index contributed by atoms with van der Waals surface area (Å²) >= 11 is 12.1. The van der Waals surface area contributed by atoms with E-state index in [1.165, 1.54) is 6.07 Å². The average Bonchev–Trinajstić information content (AvgIpc) is 2.88. The number of aliphatic hydroxyl groups excluding tert-OH is 1. The lowest BCUT2D eigenvalue weighted by molar-refractivity contribution is 0.0724. The molecule has 1 amide bonds. The highest BCUT2D eigenvalue weighted by Gasteiger charge is 2.30. The molecular formula is C14H18Cl2N2O2. The number of halogens is 2. The van der Waals surface area contributed by atoms with Crippen molar-refractivity contribution in [1.29, 1.82) is 0 Å². The number of nitrogens with two attached hydrogens (primary N) is 1. The Morgan fingerprint density at radius 2 is 2.20 bits per heavy atom. The molecule has 2 rings (SSSR count). The Morgan fingerprint density at radius 3 is 2.90 bits per heavy atom. The van der Waals surface area contributed by atoms with E-state index in [9.17, 15) is 4.79 Å². The van der Waals surface area contributed by atoms with Gasteiger partial charge in [-0.05, 0) is 37.8 Å². The summed E-state index contributed by atoms with van der Waals surface area (Å²) < 4.78 is 0. The van der Waals surface area contributed by atoms with Crippen molar-refractivity contribution in [3.63, 3.8) is 0 Å².